The van der Waals surface area contributed by atoms with Crippen molar-refractivity contribution in [2.45, 2.75) is 76.0 Å². The Morgan fingerprint density at radius 1 is 1.06 bits per heavy atom. The van der Waals surface area contributed by atoms with E-state index in [4.69, 9.17) is 9.47 Å². The van der Waals surface area contributed by atoms with Gasteiger partial charge in [-0.2, -0.15) is 0 Å². The summed E-state index contributed by atoms with van der Waals surface area (Å²) in [4.78, 5) is 46.2. The van der Waals surface area contributed by atoms with Crippen molar-refractivity contribution in [2.24, 2.45) is 5.92 Å². The third-order valence-electron chi connectivity index (χ3n) is 10.4. The SMILES string of the molecule is COc1ccc2c(c1)[C@@]1(O[C@H](CC(=O)N(CCO)Cc3ccccc3)[C@@H]([Si](C)(C)F)[C@@H]1C)C(=O)N2Cc1ccc(N2CCCCC2=O)cc1. The predicted octanol–water partition coefficient (Wildman–Crippen LogP) is 5.95. The molecule has 0 saturated carbocycles. The maximum Gasteiger partial charge on any atom is 0.264 e. The normalized spacial score (nSPS) is 23.7. The molecule has 11 heteroatoms. The van der Waals surface area contributed by atoms with Crippen molar-refractivity contribution >= 4 is 37.5 Å². The molecule has 3 amide bonds. The average Bonchev–Trinajstić information content (AvgIpc) is 3.51. The van der Waals surface area contributed by atoms with Crippen molar-refractivity contribution in [2.75, 3.05) is 36.6 Å². The Morgan fingerprint density at radius 2 is 1.80 bits per heavy atom. The van der Waals surface area contributed by atoms with Gasteiger partial charge in [-0.1, -0.05) is 49.4 Å². The van der Waals surface area contributed by atoms with E-state index in [1.807, 2.05) is 72.5 Å². The van der Waals surface area contributed by atoms with Crippen LogP contribution in [0.2, 0.25) is 18.6 Å². The highest BCUT2D eigenvalue weighted by Crippen LogP contribution is 2.60. The number of carbonyl (C=O) groups excluding carboxylic acids is 3. The number of fused-ring (bicyclic) bond motifs is 2. The summed E-state index contributed by atoms with van der Waals surface area (Å²) in [5.41, 5.74) is 1.71. The molecular formula is C38H46FN3O6Si. The van der Waals surface area contributed by atoms with E-state index in [1.165, 1.54) is 0 Å². The lowest BCUT2D eigenvalue weighted by molar-refractivity contribution is -0.150. The largest absolute Gasteiger partial charge is 0.497 e. The van der Waals surface area contributed by atoms with Crippen molar-refractivity contribution in [3.63, 3.8) is 0 Å². The minimum Gasteiger partial charge on any atom is -0.497 e. The van der Waals surface area contributed by atoms with E-state index in [-0.39, 0.29) is 43.8 Å². The quantitative estimate of drug-likeness (QED) is 0.198. The number of ether oxygens (including phenoxy) is 2. The van der Waals surface area contributed by atoms with Crippen molar-refractivity contribution in [3.8, 4) is 5.75 Å². The van der Waals surface area contributed by atoms with Crippen LogP contribution in [0.3, 0.4) is 0 Å². The fraction of sp³-hybridized carbons (Fsp3) is 0.447. The van der Waals surface area contributed by atoms with E-state index in [0.29, 0.717) is 36.5 Å². The predicted molar refractivity (Wildman–Crippen MR) is 188 cm³/mol. The molecular weight excluding hydrogens is 642 g/mol. The number of hydrogen-bond donors (Lipinski definition) is 1. The lowest BCUT2D eigenvalue weighted by Gasteiger charge is -2.31. The van der Waals surface area contributed by atoms with E-state index in [0.717, 1.165) is 29.7 Å². The lowest BCUT2D eigenvalue weighted by atomic mass is 9.82. The third-order valence-corrected chi connectivity index (χ3v) is 12.9. The van der Waals surface area contributed by atoms with Gasteiger partial charge in [0.15, 0.2) is 5.60 Å². The van der Waals surface area contributed by atoms with E-state index in [9.17, 15) is 19.5 Å². The van der Waals surface area contributed by atoms with Crippen LogP contribution in [0, 0.1) is 5.92 Å². The second-order valence-electron chi connectivity index (χ2n) is 13.9. The van der Waals surface area contributed by atoms with E-state index >= 15 is 4.11 Å². The van der Waals surface area contributed by atoms with Crippen LogP contribution in [0.5, 0.6) is 5.75 Å². The van der Waals surface area contributed by atoms with Gasteiger partial charge < -0.3 is 33.4 Å². The summed E-state index contributed by atoms with van der Waals surface area (Å²) in [7, 11) is -1.96. The minimum atomic E-state index is -3.51. The number of piperidine rings is 1. The molecule has 9 nitrogen and oxygen atoms in total. The van der Waals surface area contributed by atoms with Crippen LogP contribution < -0.4 is 14.5 Å². The Balaban J connectivity index is 1.32. The smallest absolute Gasteiger partial charge is 0.264 e. The Hall–Kier alpha value is -4.06. The van der Waals surface area contributed by atoms with Gasteiger partial charge >= 0.3 is 0 Å². The third kappa shape index (κ3) is 6.63. The standard InChI is InChI=1S/C38H46FN3O6Si/c1-26-36(49(3,4)39)33(23-35(45)40(20-21-43)24-27-10-6-5-7-11-27)48-38(26)31-22-30(47-2)17-18-32(31)42(37(38)46)25-28-13-15-29(16-14-28)41-19-9-8-12-34(41)44/h5-7,10-11,13-18,22,26,33,36,43H,8-9,12,19-21,23-25H2,1-4H3/t26-,33+,36-,38+/m0/s1. The first-order valence-electron chi connectivity index (χ1n) is 17.2. The fourth-order valence-corrected chi connectivity index (χ4v) is 10.6. The van der Waals surface area contributed by atoms with Gasteiger partial charge in [0.1, 0.15) is 5.75 Å². The molecule has 1 N–H and O–H groups in total. The zero-order valence-electron chi connectivity index (χ0n) is 28.7. The van der Waals surface area contributed by atoms with Gasteiger partial charge in [-0.15, -0.1) is 0 Å². The summed E-state index contributed by atoms with van der Waals surface area (Å²) < 4.78 is 28.8. The molecule has 260 valence electrons. The van der Waals surface area contributed by atoms with Crippen LogP contribution in [0.4, 0.5) is 15.5 Å². The first-order chi connectivity index (χ1) is 23.5. The molecule has 2 saturated heterocycles. The summed E-state index contributed by atoms with van der Waals surface area (Å²) in [5.74, 6) is -0.478. The fourth-order valence-electron chi connectivity index (χ4n) is 8.07. The number of amides is 3. The first-order valence-corrected chi connectivity index (χ1v) is 20.1. The van der Waals surface area contributed by atoms with Gasteiger partial charge in [-0.3, -0.25) is 14.4 Å². The number of anilines is 2. The van der Waals surface area contributed by atoms with Gasteiger partial charge in [0.05, 0.1) is 38.5 Å². The topological polar surface area (TPSA) is 99.6 Å². The number of aliphatic hydroxyl groups excluding tert-OH is 1. The van der Waals surface area contributed by atoms with E-state index in [1.54, 1.807) is 42.1 Å². The zero-order valence-corrected chi connectivity index (χ0v) is 29.7. The number of carbonyl (C=O) groups is 3. The molecule has 4 atom stereocenters. The van der Waals surface area contributed by atoms with Crippen LogP contribution in [0.1, 0.15) is 49.3 Å². The van der Waals surface area contributed by atoms with Crippen molar-refractivity contribution in [3.05, 3.63) is 89.5 Å². The van der Waals surface area contributed by atoms with E-state index < -0.39 is 31.6 Å². The highest BCUT2D eigenvalue weighted by Gasteiger charge is 2.67. The highest BCUT2D eigenvalue weighted by atomic mass is 28.4. The molecule has 49 heavy (non-hydrogen) atoms. The minimum absolute atomic E-state index is 0.118. The highest BCUT2D eigenvalue weighted by molar-refractivity contribution is 6.72. The number of nitrogens with zero attached hydrogens (tertiary/aromatic N) is 3. The lowest BCUT2D eigenvalue weighted by Crippen LogP contribution is -2.45. The Morgan fingerprint density at radius 3 is 2.45 bits per heavy atom. The number of methoxy groups -OCH3 is 1. The van der Waals surface area contributed by atoms with Crippen LogP contribution in [0.25, 0.3) is 0 Å². The monoisotopic (exact) mass is 687 g/mol. The summed E-state index contributed by atoms with van der Waals surface area (Å²) in [6.45, 7) is 6.24. The molecule has 3 aliphatic heterocycles. The summed E-state index contributed by atoms with van der Waals surface area (Å²) >= 11 is 0. The van der Waals surface area contributed by atoms with Crippen LogP contribution >= 0.6 is 0 Å². The Labute approximate surface area is 288 Å². The summed E-state index contributed by atoms with van der Waals surface area (Å²) in [6, 6.07) is 22.6. The molecule has 1 spiro atoms. The molecule has 3 heterocycles. The number of rotatable bonds is 11. The summed E-state index contributed by atoms with van der Waals surface area (Å²) in [6.07, 6.45) is 1.45. The average molecular weight is 688 g/mol. The van der Waals surface area contributed by atoms with Crippen molar-refractivity contribution < 1.29 is 33.1 Å². The van der Waals surface area contributed by atoms with Crippen LogP contribution in [-0.2, 0) is 37.8 Å². The van der Waals surface area contributed by atoms with Gasteiger partial charge in [-0.05, 0) is 67.4 Å². The molecule has 0 bridgehead atoms. The van der Waals surface area contributed by atoms with Gasteiger partial charge in [0.2, 0.25) is 20.2 Å². The molecule has 2 fully saturated rings. The zero-order chi connectivity index (χ0) is 34.9. The molecule has 6 rings (SSSR count). The molecule has 0 aliphatic carbocycles. The van der Waals surface area contributed by atoms with E-state index in [2.05, 4.69) is 0 Å². The summed E-state index contributed by atoms with van der Waals surface area (Å²) in [5, 5.41) is 9.79. The Bertz CT molecular complexity index is 1680. The van der Waals surface area contributed by atoms with Crippen molar-refractivity contribution in [1.82, 2.24) is 4.90 Å². The molecule has 3 aliphatic rings. The van der Waals surface area contributed by atoms with Gasteiger partial charge in [-0.25, -0.2) is 0 Å². The number of hydrogen-bond acceptors (Lipinski definition) is 6. The second-order valence-corrected chi connectivity index (χ2v) is 17.7. The van der Waals surface area contributed by atoms with Gasteiger partial charge in [0, 0.05) is 48.8 Å². The number of halogens is 1. The first kappa shape index (κ1) is 34.8. The number of benzene rings is 3. The molecule has 0 radical (unpaired) electrons. The molecule has 0 aromatic heterocycles. The molecule has 3 aromatic rings. The van der Waals surface area contributed by atoms with Gasteiger partial charge in [0.25, 0.3) is 5.91 Å². The van der Waals surface area contributed by atoms with Crippen LogP contribution in [-0.4, -0.2) is 69.0 Å². The maximum absolute atomic E-state index is 16.4. The van der Waals surface area contributed by atoms with Crippen molar-refractivity contribution in [1.29, 1.82) is 0 Å². The Kier molecular flexibility index (Phi) is 9.97. The molecule has 3 aromatic carbocycles. The number of aliphatic hydroxyl groups is 1. The molecule has 0 unspecified atom stereocenters. The maximum atomic E-state index is 16.4. The van der Waals surface area contributed by atoms with Crippen LogP contribution in [0.15, 0.2) is 72.8 Å². The second kappa shape index (κ2) is 14.0.